The van der Waals surface area contributed by atoms with Gasteiger partial charge in [-0.25, -0.2) is 4.79 Å². The van der Waals surface area contributed by atoms with E-state index < -0.39 is 0 Å². The average molecular weight is 325 g/mol. The van der Waals surface area contributed by atoms with Crippen molar-refractivity contribution in [2.45, 2.75) is 26.4 Å². The predicted molar refractivity (Wildman–Crippen MR) is 94.7 cm³/mol. The Morgan fingerprint density at radius 1 is 1.12 bits per heavy atom. The van der Waals surface area contributed by atoms with Gasteiger partial charge in [0.25, 0.3) is 0 Å². The maximum atomic E-state index is 12.2. The van der Waals surface area contributed by atoms with Gasteiger partial charge >= 0.3 is 5.97 Å². The first-order valence-electron chi connectivity index (χ1n) is 8.33. The Morgan fingerprint density at radius 2 is 1.83 bits per heavy atom. The minimum Gasteiger partial charge on any atom is -0.486 e. The third-order valence-corrected chi connectivity index (χ3v) is 4.29. The van der Waals surface area contributed by atoms with Crippen LogP contribution in [0.1, 0.15) is 34.3 Å². The minimum absolute atomic E-state index is 0.359. The number of hydrogen-bond acceptors (Lipinski definition) is 4. The van der Waals surface area contributed by atoms with E-state index in [0.29, 0.717) is 17.9 Å². The third-order valence-electron chi connectivity index (χ3n) is 4.29. The van der Waals surface area contributed by atoms with Crippen molar-refractivity contribution in [3.63, 3.8) is 0 Å². The van der Waals surface area contributed by atoms with Gasteiger partial charge in [-0.15, -0.1) is 0 Å². The lowest BCUT2D eigenvalue weighted by Crippen LogP contribution is -2.20. The quantitative estimate of drug-likeness (QED) is 0.780. The van der Waals surface area contributed by atoms with E-state index in [-0.39, 0.29) is 5.97 Å². The summed E-state index contributed by atoms with van der Waals surface area (Å²) in [5.41, 5.74) is 3.59. The molecule has 2 aromatic carbocycles. The minimum atomic E-state index is -0.359. The van der Waals surface area contributed by atoms with Gasteiger partial charge in [-0.3, -0.25) is 0 Å². The number of carbonyl (C=O) groups excluding carboxylic acids is 1. The number of carbonyl (C=O) groups is 1. The monoisotopic (exact) mass is 325 g/mol. The maximum Gasteiger partial charge on any atom is 0.341 e. The number of nitrogens with zero attached hydrogens (tertiary/aromatic N) is 1. The van der Waals surface area contributed by atoms with E-state index in [1.165, 1.54) is 20.0 Å². The molecule has 0 saturated carbocycles. The van der Waals surface area contributed by atoms with Crippen molar-refractivity contribution < 1.29 is 14.3 Å². The molecule has 1 heterocycles. The summed E-state index contributed by atoms with van der Waals surface area (Å²) in [6.07, 6.45) is 2.33. The van der Waals surface area contributed by atoms with E-state index in [0.717, 1.165) is 29.9 Å². The van der Waals surface area contributed by atoms with Crippen molar-refractivity contribution in [2.24, 2.45) is 0 Å². The zero-order valence-corrected chi connectivity index (χ0v) is 14.2. The van der Waals surface area contributed by atoms with Crippen LogP contribution in [0.25, 0.3) is 0 Å². The number of ether oxygens (including phenoxy) is 2. The molecule has 0 amide bonds. The maximum absolute atomic E-state index is 12.2. The van der Waals surface area contributed by atoms with E-state index in [4.69, 9.17) is 9.47 Å². The Bertz CT molecular complexity index is 706. The van der Waals surface area contributed by atoms with Gasteiger partial charge < -0.3 is 14.4 Å². The van der Waals surface area contributed by atoms with E-state index in [1.54, 1.807) is 0 Å². The molecule has 0 aromatic heterocycles. The highest BCUT2D eigenvalue weighted by atomic mass is 16.5. The molecule has 0 bridgehead atoms. The SMILES string of the molecule is COC(=O)c1cc(C)cc(N2CCCC2)c1OCc1ccccc1. The second-order valence-electron chi connectivity index (χ2n) is 6.12. The summed E-state index contributed by atoms with van der Waals surface area (Å²) in [4.78, 5) is 14.5. The molecule has 0 unspecified atom stereocenters. The van der Waals surface area contributed by atoms with E-state index in [1.807, 2.05) is 43.3 Å². The summed E-state index contributed by atoms with van der Waals surface area (Å²) in [5, 5.41) is 0. The Kier molecular flexibility index (Phi) is 5.04. The molecule has 1 saturated heterocycles. The van der Waals surface area contributed by atoms with Gasteiger partial charge in [0, 0.05) is 13.1 Å². The first kappa shape index (κ1) is 16.4. The zero-order valence-electron chi connectivity index (χ0n) is 14.2. The fourth-order valence-corrected chi connectivity index (χ4v) is 3.09. The molecule has 2 aromatic rings. The Labute approximate surface area is 143 Å². The van der Waals surface area contributed by atoms with Crippen LogP contribution >= 0.6 is 0 Å². The molecule has 4 heteroatoms. The van der Waals surface area contributed by atoms with Crippen molar-refractivity contribution in [3.05, 3.63) is 59.2 Å². The lowest BCUT2D eigenvalue weighted by molar-refractivity contribution is 0.0595. The lowest BCUT2D eigenvalue weighted by atomic mass is 10.1. The summed E-state index contributed by atoms with van der Waals surface area (Å²) in [6, 6.07) is 13.9. The van der Waals surface area contributed by atoms with Crippen LogP contribution in [-0.4, -0.2) is 26.2 Å². The summed E-state index contributed by atoms with van der Waals surface area (Å²) >= 11 is 0. The first-order valence-corrected chi connectivity index (χ1v) is 8.33. The Hall–Kier alpha value is -2.49. The topological polar surface area (TPSA) is 38.8 Å². The van der Waals surface area contributed by atoms with Crippen molar-refractivity contribution in [2.75, 3.05) is 25.1 Å². The van der Waals surface area contributed by atoms with Gasteiger partial charge in [0.2, 0.25) is 0 Å². The molecule has 1 aliphatic heterocycles. The lowest BCUT2D eigenvalue weighted by Gasteiger charge is -2.24. The Balaban J connectivity index is 1.97. The second-order valence-corrected chi connectivity index (χ2v) is 6.12. The smallest absolute Gasteiger partial charge is 0.341 e. The molecule has 3 rings (SSSR count). The highest BCUT2D eigenvalue weighted by Gasteiger charge is 2.23. The molecule has 4 nitrogen and oxygen atoms in total. The summed E-state index contributed by atoms with van der Waals surface area (Å²) in [5.74, 6) is 0.264. The predicted octanol–water partition coefficient (Wildman–Crippen LogP) is 3.96. The van der Waals surface area contributed by atoms with Crippen LogP contribution in [0.4, 0.5) is 5.69 Å². The molecule has 0 atom stereocenters. The number of aryl methyl sites for hydroxylation is 1. The largest absolute Gasteiger partial charge is 0.486 e. The molecule has 24 heavy (non-hydrogen) atoms. The van der Waals surface area contributed by atoms with Crippen molar-refractivity contribution in [3.8, 4) is 5.75 Å². The van der Waals surface area contributed by atoms with Crippen molar-refractivity contribution in [1.82, 2.24) is 0 Å². The van der Waals surface area contributed by atoms with E-state index >= 15 is 0 Å². The molecular weight excluding hydrogens is 302 g/mol. The van der Waals surface area contributed by atoms with Crippen LogP contribution in [0.3, 0.4) is 0 Å². The van der Waals surface area contributed by atoms with Crippen LogP contribution in [0.5, 0.6) is 5.75 Å². The van der Waals surface area contributed by atoms with Gasteiger partial charge in [-0.05, 0) is 43.0 Å². The molecule has 0 spiro atoms. The molecule has 1 aliphatic rings. The van der Waals surface area contributed by atoms with E-state index in [2.05, 4.69) is 11.0 Å². The van der Waals surface area contributed by atoms with Gasteiger partial charge in [0.1, 0.15) is 12.2 Å². The summed E-state index contributed by atoms with van der Waals surface area (Å²) in [7, 11) is 1.40. The number of benzene rings is 2. The van der Waals surface area contributed by atoms with Crippen LogP contribution in [-0.2, 0) is 11.3 Å². The highest BCUT2D eigenvalue weighted by molar-refractivity contribution is 5.95. The standard InChI is InChI=1S/C20H23NO3/c1-15-12-17(20(22)23-2)19(18(13-15)21-10-6-7-11-21)24-14-16-8-4-3-5-9-16/h3-5,8-9,12-13H,6-7,10-11,14H2,1-2H3. The molecule has 126 valence electrons. The fraction of sp³-hybridized carbons (Fsp3) is 0.350. The van der Waals surface area contributed by atoms with Gasteiger partial charge in [-0.1, -0.05) is 30.3 Å². The normalized spacial score (nSPS) is 13.8. The third kappa shape index (κ3) is 3.53. The molecule has 0 radical (unpaired) electrons. The number of methoxy groups -OCH3 is 1. The highest BCUT2D eigenvalue weighted by Crippen LogP contribution is 2.36. The van der Waals surface area contributed by atoms with Crippen LogP contribution in [0.2, 0.25) is 0 Å². The van der Waals surface area contributed by atoms with Gasteiger partial charge in [0.05, 0.1) is 12.8 Å². The number of hydrogen-bond donors (Lipinski definition) is 0. The van der Waals surface area contributed by atoms with Crippen molar-refractivity contribution >= 4 is 11.7 Å². The van der Waals surface area contributed by atoms with Gasteiger partial charge in [-0.2, -0.15) is 0 Å². The Morgan fingerprint density at radius 3 is 2.50 bits per heavy atom. The first-order chi connectivity index (χ1) is 11.7. The van der Waals surface area contributed by atoms with Crippen LogP contribution in [0, 0.1) is 6.92 Å². The molecule has 0 N–H and O–H groups in total. The van der Waals surface area contributed by atoms with E-state index in [9.17, 15) is 4.79 Å². The number of anilines is 1. The molecule has 1 fully saturated rings. The van der Waals surface area contributed by atoms with Crippen LogP contribution in [0.15, 0.2) is 42.5 Å². The number of rotatable bonds is 5. The van der Waals surface area contributed by atoms with Crippen molar-refractivity contribution in [1.29, 1.82) is 0 Å². The zero-order chi connectivity index (χ0) is 16.9. The second kappa shape index (κ2) is 7.39. The molecular formula is C20H23NO3. The summed E-state index contributed by atoms with van der Waals surface area (Å²) < 4.78 is 11.1. The number of esters is 1. The summed E-state index contributed by atoms with van der Waals surface area (Å²) in [6.45, 7) is 4.40. The van der Waals surface area contributed by atoms with Gasteiger partial charge in [0.15, 0.2) is 5.75 Å². The molecule has 0 aliphatic carbocycles. The average Bonchev–Trinajstić information content (AvgIpc) is 3.14. The van der Waals surface area contributed by atoms with Crippen LogP contribution < -0.4 is 9.64 Å². The fourth-order valence-electron chi connectivity index (χ4n) is 3.09.